The molecule has 2 nitrogen and oxygen atoms in total. The minimum Gasteiger partial charge on any atom is -0.374 e. The molecule has 1 fully saturated rings. The number of thiophene rings is 1. The third kappa shape index (κ3) is 3.29. The highest BCUT2D eigenvalue weighted by molar-refractivity contribution is 9.09. The number of nitrogens with zero attached hydrogens (tertiary/aromatic N) is 1. The Hall–Kier alpha value is 0.100. The van der Waals surface area contributed by atoms with Crippen LogP contribution in [0.5, 0.6) is 0 Å². The standard InChI is InChI=1S/C12H18BrNOS/c1-10-9-15-11(7-13)8-14(10)5-4-12-3-2-6-16-12/h2-3,6,10-11H,4-5,7-9H2,1H3. The van der Waals surface area contributed by atoms with Gasteiger partial charge in [-0.25, -0.2) is 0 Å². The topological polar surface area (TPSA) is 12.5 Å². The summed E-state index contributed by atoms with van der Waals surface area (Å²) in [5.41, 5.74) is 0. The lowest BCUT2D eigenvalue weighted by Gasteiger charge is -2.37. The van der Waals surface area contributed by atoms with Gasteiger partial charge in [0, 0.05) is 29.3 Å². The maximum absolute atomic E-state index is 5.72. The smallest absolute Gasteiger partial charge is 0.0799 e. The highest BCUT2D eigenvalue weighted by atomic mass is 79.9. The van der Waals surface area contributed by atoms with Gasteiger partial charge in [0.15, 0.2) is 0 Å². The Kier molecular flexibility index (Phi) is 4.82. The van der Waals surface area contributed by atoms with Crippen LogP contribution >= 0.6 is 27.3 Å². The molecule has 0 spiro atoms. The van der Waals surface area contributed by atoms with E-state index in [0.717, 1.165) is 31.4 Å². The summed E-state index contributed by atoms with van der Waals surface area (Å²) in [6, 6.07) is 4.90. The van der Waals surface area contributed by atoms with Crippen molar-refractivity contribution < 1.29 is 4.74 Å². The maximum atomic E-state index is 5.72. The van der Waals surface area contributed by atoms with Gasteiger partial charge in [0.1, 0.15) is 0 Å². The molecule has 1 saturated heterocycles. The van der Waals surface area contributed by atoms with E-state index in [1.807, 2.05) is 11.3 Å². The van der Waals surface area contributed by atoms with E-state index in [9.17, 15) is 0 Å². The summed E-state index contributed by atoms with van der Waals surface area (Å²) in [7, 11) is 0. The van der Waals surface area contributed by atoms with Crippen LogP contribution in [0.3, 0.4) is 0 Å². The van der Waals surface area contributed by atoms with E-state index in [1.54, 1.807) is 0 Å². The third-order valence-corrected chi connectivity index (χ3v) is 4.69. The lowest BCUT2D eigenvalue weighted by molar-refractivity contribution is -0.0459. The van der Waals surface area contributed by atoms with Crippen LogP contribution < -0.4 is 0 Å². The summed E-state index contributed by atoms with van der Waals surface area (Å²) in [6.07, 6.45) is 1.52. The van der Waals surface area contributed by atoms with Crippen molar-refractivity contribution in [2.24, 2.45) is 0 Å². The van der Waals surface area contributed by atoms with Gasteiger partial charge < -0.3 is 4.74 Å². The van der Waals surface area contributed by atoms with Gasteiger partial charge in [-0.1, -0.05) is 22.0 Å². The molecule has 0 radical (unpaired) electrons. The molecule has 0 amide bonds. The lowest BCUT2D eigenvalue weighted by Crippen LogP contribution is -2.49. The first-order valence-electron chi connectivity index (χ1n) is 5.73. The maximum Gasteiger partial charge on any atom is 0.0799 e. The molecule has 4 heteroatoms. The Morgan fingerprint density at radius 3 is 3.19 bits per heavy atom. The predicted molar refractivity (Wildman–Crippen MR) is 72.6 cm³/mol. The molecule has 0 aromatic carbocycles. The van der Waals surface area contributed by atoms with Gasteiger partial charge >= 0.3 is 0 Å². The molecule has 0 aliphatic carbocycles. The van der Waals surface area contributed by atoms with Crippen LogP contribution in [0.15, 0.2) is 17.5 Å². The number of hydrogen-bond donors (Lipinski definition) is 0. The summed E-state index contributed by atoms with van der Waals surface area (Å²) in [5.74, 6) is 0. The fourth-order valence-corrected chi connectivity index (χ4v) is 3.08. The molecule has 1 aromatic rings. The molecular weight excluding hydrogens is 286 g/mol. The van der Waals surface area contributed by atoms with Crippen LogP contribution in [-0.2, 0) is 11.2 Å². The van der Waals surface area contributed by atoms with E-state index >= 15 is 0 Å². The van der Waals surface area contributed by atoms with E-state index in [-0.39, 0.29) is 0 Å². The van der Waals surface area contributed by atoms with Crippen molar-refractivity contribution in [2.45, 2.75) is 25.5 Å². The Labute approximate surface area is 110 Å². The molecule has 1 aromatic heterocycles. The Balaban J connectivity index is 1.82. The average molecular weight is 304 g/mol. The zero-order valence-electron chi connectivity index (χ0n) is 9.56. The van der Waals surface area contributed by atoms with Gasteiger partial charge in [-0.15, -0.1) is 11.3 Å². The van der Waals surface area contributed by atoms with E-state index in [1.165, 1.54) is 4.88 Å². The van der Waals surface area contributed by atoms with Crippen molar-refractivity contribution in [1.29, 1.82) is 0 Å². The number of alkyl halides is 1. The summed E-state index contributed by atoms with van der Waals surface area (Å²) < 4.78 is 5.72. The number of rotatable bonds is 4. The lowest BCUT2D eigenvalue weighted by atomic mass is 10.2. The van der Waals surface area contributed by atoms with E-state index in [2.05, 4.69) is 45.3 Å². The largest absolute Gasteiger partial charge is 0.374 e. The van der Waals surface area contributed by atoms with Gasteiger partial charge in [-0.2, -0.15) is 0 Å². The second-order valence-electron chi connectivity index (χ2n) is 4.28. The molecule has 0 N–H and O–H groups in total. The zero-order chi connectivity index (χ0) is 11.4. The van der Waals surface area contributed by atoms with E-state index < -0.39 is 0 Å². The first-order chi connectivity index (χ1) is 7.79. The van der Waals surface area contributed by atoms with Crippen LogP contribution in [-0.4, -0.2) is 42.1 Å². The van der Waals surface area contributed by atoms with Gasteiger partial charge in [-0.3, -0.25) is 4.90 Å². The number of halogens is 1. The van der Waals surface area contributed by atoms with Crippen molar-refractivity contribution in [2.75, 3.05) is 25.0 Å². The molecule has 1 aliphatic rings. The van der Waals surface area contributed by atoms with E-state index in [0.29, 0.717) is 12.1 Å². The molecule has 2 heterocycles. The van der Waals surface area contributed by atoms with E-state index in [4.69, 9.17) is 4.74 Å². The highest BCUT2D eigenvalue weighted by Gasteiger charge is 2.24. The van der Waals surface area contributed by atoms with Gasteiger partial charge in [0.2, 0.25) is 0 Å². The third-order valence-electron chi connectivity index (χ3n) is 3.03. The monoisotopic (exact) mass is 303 g/mol. The molecule has 0 bridgehead atoms. The molecular formula is C12H18BrNOS. The summed E-state index contributed by atoms with van der Waals surface area (Å²) in [4.78, 5) is 4.02. The van der Waals surface area contributed by atoms with Gasteiger partial charge in [0.05, 0.1) is 12.7 Å². The first kappa shape index (κ1) is 12.6. The van der Waals surface area contributed by atoms with Crippen molar-refractivity contribution in [3.63, 3.8) is 0 Å². The second-order valence-corrected chi connectivity index (χ2v) is 5.96. The predicted octanol–water partition coefficient (Wildman–Crippen LogP) is 2.77. The summed E-state index contributed by atoms with van der Waals surface area (Å²) in [6.45, 7) is 5.31. The molecule has 2 atom stereocenters. The Morgan fingerprint density at radius 2 is 2.50 bits per heavy atom. The molecule has 90 valence electrons. The molecule has 2 unspecified atom stereocenters. The summed E-state index contributed by atoms with van der Waals surface area (Å²) in [5, 5.41) is 3.09. The van der Waals surface area contributed by atoms with Crippen LogP contribution in [0.25, 0.3) is 0 Å². The van der Waals surface area contributed by atoms with Crippen LogP contribution in [0, 0.1) is 0 Å². The molecule has 16 heavy (non-hydrogen) atoms. The number of morpholine rings is 1. The highest BCUT2D eigenvalue weighted by Crippen LogP contribution is 2.15. The van der Waals surface area contributed by atoms with Gasteiger partial charge in [-0.05, 0) is 24.8 Å². The average Bonchev–Trinajstić information content (AvgIpc) is 2.81. The normalized spacial score (nSPS) is 27.1. The quantitative estimate of drug-likeness (QED) is 0.793. The van der Waals surface area contributed by atoms with Crippen LogP contribution in [0.2, 0.25) is 0 Å². The second kappa shape index (κ2) is 6.15. The Bertz CT molecular complexity index is 304. The molecule has 0 saturated carbocycles. The van der Waals surface area contributed by atoms with Crippen molar-refractivity contribution in [1.82, 2.24) is 4.90 Å². The number of hydrogen-bond acceptors (Lipinski definition) is 3. The van der Waals surface area contributed by atoms with Crippen molar-refractivity contribution >= 4 is 27.3 Å². The van der Waals surface area contributed by atoms with Crippen molar-refractivity contribution in [3.05, 3.63) is 22.4 Å². The zero-order valence-corrected chi connectivity index (χ0v) is 12.0. The molecule has 2 rings (SSSR count). The van der Waals surface area contributed by atoms with Gasteiger partial charge in [0.25, 0.3) is 0 Å². The fourth-order valence-electron chi connectivity index (χ4n) is 1.99. The van der Waals surface area contributed by atoms with Crippen LogP contribution in [0.1, 0.15) is 11.8 Å². The Morgan fingerprint density at radius 1 is 1.62 bits per heavy atom. The molecule has 1 aliphatic heterocycles. The minimum atomic E-state index is 0.361. The SMILES string of the molecule is CC1COC(CBr)CN1CCc1cccs1. The fraction of sp³-hybridized carbons (Fsp3) is 0.667. The van der Waals surface area contributed by atoms with Crippen LogP contribution in [0.4, 0.5) is 0 Å². The first-order valence-corrected chi connectivity index (χ1v) is 7.73. The van der Waals surface area contributed by atoms with Crippen molar-refractivity contribution in [3.8, 4) is 0 Å². The minimum absolute atomic E-state index is 0.361. The summed E-state index contributed by atoms with van der Waals surface area (Å²) >= 11 is 5.35. The number of ether oxygens (including phenoxy) is 1.